The van der Waals surface area contributed by atoms with Crippen LogP contribution in [0.1, 0.15) is 34.1 Å². The third-order valence-corrected chi connectivity index (χ3v) is 2.24. The second kappa shape index (κ2) is 9.02. The van der Waals surface area contributed by atoms with Gasteiger partial charge in [0.05, 0.1) is 19.3 Å². The smallest absolute Gasteiger partial charge is 0.350 e. The SMILES string of the molecule is CO[P+](=O)OCCC(OC(C)C)OC(C)C. The molecule has 0 aliphatic carbocycles. The van der Waals surface area contributed by atoms with E-state index >= 15 is 0 Å². The minimum Gasteiger partial charge on any atom is -0.350 e. The molecule has 0 saturated heterocycles. The molecule has 0 rings (SSSR count). The third-order valence-electron chi connectivity index (χ3n) is 1.55. The second-order valence-electron chi connectivity index (χ2n) is 3.83. The van der Waals surface area contributed by atoms with E-state index in [-0.39, 0.29) is 25.1 Å². The lowest BCUT2D eigenvalue weighted by Crippen LogP contribution is -2.25. The number of rotatable bonds is 9. The topological polar surface area (TPSA) is 54.0 Å². The molecular formula is C10H22O5P+. The average Bonchev–Trinajstić information content (AvgIpc) is 2.15. The molecule has 16 heavy (non-hydrogen) atoms. The third kappa shape index (κ3) is 9.19. The van der Waals surface area contributed by atoms with Crippen LogP contribution in [0.4, 0.5) is 0 Å². The van der Waals surface area contributed by atoms with Crippen LogP contribution in [0.15, 0.2) is 0 Å². The molecule has 1 atom stereocenters. The number of hydrogen-bond acceptors (Lipinski definition) is 5. The van der Waals surface area contributed by atoms with Gasteiger partial charge in [-0.1, -0.05) is 0 Å². The number of ether oxygens (including phenoxy) is 2. The van der Waals surface area contributed by atoms with Gasteiger partial charge in [0.2, 0.25) is 0 Å². The Bertz CT molecular complexity index is 186. The van der Waals surface area contributed by atoms with Crippen molar-refractivity contribution in [1.29, 1.82) is 0 Å². The fourth-order valence-electron chi connectivity index (χ4n) is 1.05. The fourth-order valence-corrected chi connectivity index (χ4v) is 1.41. The summed E-state index contributed by atoms with van der Waals surface area (Å²) >= 11 is 0. The van der Waals surface area contributed by atoms with Crippen LogP contribution < -0.4 is 0 Å². The molecule has 0 aliphatic rings. The van der Waals surface area contributed by atoms with Crippen molar-refractivity contribution in [2.45, 2.75) is 52.6 Å². The van der Waals surface area contributed by atoms with Gasteiger partial charge in [-0.2, -0.15) is 0 Å². The van der Waals surface area contributed by atoms with Crippen molar-refractivity contribution in [3.8, 4) is 0 Å². The van der Waals surface area contributed by atoms with Crippen molar-refractivity contribution >= 4 is 8.25 Å². The lowest BCUT2D eigenvalue weighted by atomic mass is 10.4. The zero-order valence-electron chi connectivity index (χ0n) is 10.6. The Hall–Kier alpha value is -0.0600. The zero-order chi connectivity index (χ0) is 12.6. The highest BCUT2D eigenvalue weighted by atomic mass is 31.1. The van der Waals surface area contributed by atoms with Crippen molar-refractivity contribution in [2.24, 2.45) is 0 Å². The molecule has 0 aromatic carbocycles. The Kier molecular flexibility index (Phi) is 8.99. The van der Waals surface area contributed by atoms with Gasteiger partial charge >= 0.3 is 8.25 Å². The first-order chi connectivity index (χ1) is 7.45. The Morgan fingerprint density at radius 1 is 1.06 bits per heavy atom. The van der Waals surface area contributed by atoms with Gasteiger partial charge < -0.3 is 9.47 Å². The van der Waals surface area contributed by atoms with E-state index in [1.807, 2.05) is 27.7 Å². The molecule has 0 aromatic rings. The van der Waals surface area contributed by atoms with E-state index in [0.29, 0.717) is 6.42 Å². The maximum Gasteiger partial charge on any atom is 0.697 e. The molecule has 0 radical (unpaired) electrons. The molecule has 0 N–H and O–H groups in total. The molecule has 0 bridgehead atoms. The van der Waals surface area contributed by atoms with Crippen molar-refractivity contribution < 1.29 is 23.1 Å². The minimum atomic E-state index is -2.01. The normalized spacial score (nSPS) is 12.9. The second-order valence-corrected chi connectivity index (χ2v) is 4.90. The van der Waals surface area contributed by atoms with Crippen molar-refractivity contribution in [3.63, 3.8) is 0 Å². The molecule has 0 aromatic heterocycles. The monoisotopic (exact) mass is 253 g/mol. The van der Waals surface area contributed by atoms with Crippen LogP contribution in [0.5, 0.6) is 0 Å². The van der Waals surface area contributed by atoms with E-state index in [1.165, 1.54) is 7.11 Å². The van der Waals surface area contributed by atoms with E-state index in [0.717, 1.165) is 0 Å². The summed E-state index contributed by atoms with van der Waals surface area (Å²) < 4.78 is 31.3. The summed E-state index contributed by atoms with van der Waals surface area (Å²) in [6, 6.07) is 0. The Labute approximate surface area is 98.4 Å². The molecule has 0 heterocycles. The van der Waals surface area contributed by atoms with Crippen LogP contribution in [0.25, 0.3) is 0 Å². The fraction of sp³-hybridized carbons (Fsp3) is 1.00. The van der Waals surface area contributed by atoms with Gasteiger partial charge in [-0.15, -0.1) is 9.05 Å². The summed E-state index contributed by atoms with van der Waals surface area (Å²) in [7, 11) is -0.672. The Morgan fingerprint density at radius 2 is 1.56 bits per heavy atom. The molecule has 0 spiro atoms. The Balaban J connectivity index is 3.86. The zero-order valence-corrected chi connectivity index (χ0v) is 11.5. The largest absolute Gasteiger partial charge is 0.697 e. The van der Waals surface area contributed by atoms with Gasteiger partial charge in [0.15, 0.2) is 6.29 Å². The molecule has 0 fully saturated rings. The van der Waals surface area contributed by atoms with E-state index in [1.54, 1.807) is 0 Å². The van der Waals surface area contributed by atoms with Crippen molar-refractivity contribution in [3.05, 3.63) is 0 Å². The van der Waals surface area contributed by atoms with Gasteiger partial charge in [-0.3, -0.25) is 0 Å². The quantitative estimate of drug-likeness (QED) is 0.467. The molecule has 0 aliphatic heterocycles. The van der Waals surface area contributed by atoms with E-state index in [4.69, 9.17) is 14.0 Å². The van der Waals surface area contributed by atoms with Crippen LogP contribution in [-0.2, 0) is 23.1 Å². The van der Waals surface area contributed by atoms with Crippen LogP contribution in [0.2, 0.25) is 0 Å². The first-order valence-corrected chi connectivity index (χ1v) is 6.50. The summed E-state index contributed by atoms with van der Waals surface area (Å²) in [5.41, 5.74) is 0. The maximum atomic E-state index is 10.9. The molecule has 6 heteroatoms. The van der Waals surface area contributed by atoms with E-state index < -0.39 is 8.25 Å². The first-order valence-electron chi connectivity index (χ1n) is 5.41. The van der Waals surface area contributed by atoms with Gasteiger partial charge in [0, 0.05) is 11.0 Å². The summed E-state index contributed by atoms with van der Waals surface area (Å²) in [5, 5.41) is 0. The van der Waals surface area contributed by atoms with Crippen LogP contribution in [0, 0.1) is 0 Å². The average molecular weight is 253 g/mol. The molecule has 0 amide bonds. The minimum absolute atomic E-state index is 0.0833. The van der Waals surface area contributed by atoms with Gasteiger partial charge in [-0.25, -0.2) is 0 Å². The lowest BCUT2D eigenvalue weighted by molar-refractivity contribution is -0.186. The summed E-state index contributed by atoms with van der Waals surface area (Å²) in [6.45, 7) is 8.04. The summed E-state index contributed by atoms with van der Waals surface area (Å²) in [5.74, 6) is 0. The highest BCUT2D eigenvalue weighted by molar-refractivity contribution is 7.33. The highest BCUT2D eigenvalue weighted by Crippen LogP contribution is 2.22. The lowest BCUT2D eigenvalue weighted by Gasteiger charge is -2.22. The first kappa shape index (κ1) is 15.9. The van der Waals surface area contributed by atoms with Gasteiger partial charge in [-0.05, 0) is 27.7 Å². The summed E-state index contributed by atoms with van der Waals surface area (Å²) in [4.78, 5) is 0. The standard InChI is InChI=1S/C10H22O5P/c1-8(2)14-10(15-9(3)4)6-7-13-16(11)12-5/h8-10H,6-7H2,1-5H3/q+1. The van der Waals surface area contributed by atoms with Crippen LogP contribution >= 0.6 is 8.25 Å². The molecule has 0 saturated carbocycles. The number of hydrogen-bond donors (Lipinski definition) is 0. The molecule has 1 unspecified atom stereocenters. The predicted molar refractivity (Wildman–Crippen MR) is 61.4 cm³/mol. The molecular weight excluding hydrogens is 231 g/mol. The van der Waals surface area contributed by atoms with Gasteiger partial charge in [0.25, 0.3) is 0 Å². The van der Waals surface area contributed by atoms with Crippen LogP contribution in [0.3, 0.4) is 0 Å². The Morgan fingerprint density at radius 3 is 1.94 bits per heavy atom. The molecule has 5 nitrogen and oxygen atoms in total. The molecule has 96 valence electrons. The van der Waals surface area contributed by atoms with Crippen molar-refractivity contribution in [2.75, 3.05) is 13.7 Å². The summed E-state index contributed by atoms with van der Waals surface area (Å²) in [6.07, 6.45) is 0.362. The predicted octanol–water partition coefficient (Wildman–Crippen LogP) is 2.87. The van der Waals surface area contributed by atoms with E-state index in [2.05, 4.69) is 4.52 Å². The van der Waals surface area contributed by atoms with Crippen LogP contribution in [-0.4, -0.2) is 32.2 Å². The van der Waals surface area contributed by atoms with E-state index in [9.17, 15) is 4.57 Å². The van der Waals surface area contributed by atoms with Gasteiger partial charge in [0.1, 0.15) is 6.61 Å². The highest BCUT2D eigenvalue weighted by Gasteiger charge is 2.20. The maximum absolute atomic E-state index is 10.9. The van der Waals surface area contributed by atoms with Crippen molar-refractivity contribution in [1.82, 2.24) is 0 Å².